The third-order valence-electron chi connectivity index (χ3n) is 8.47. The fourth-order valence-electron chi connectivity index (χ4n) is 5.92. The van der Waals surface area contributed by atoms with E-state index in [-0.39, 0.29) is 0 Å². The van der Waals surface area contributed by atoms with E-state index in [1.165, 1.54) is 38.5 Å². The predicted octanol–water partition coefficient (Wildman–Crippen LogP) is 8.39. The Morgan fingerprint density at radius 1 is 0.457 bits per heavy atom. The molecule has 8 nitrogen and oxygen atoms in total. The van der Waals surface area contributed by atoms with E-state index in [4.69, 9.17) is 19.9 Å². The summed E-state index contributed by atoms with van der Waals surface area (Å²) in [4.78, 5) is 32.6. The average molecular weight is 611 g/mol. The van der Waals surface area contributed by atoms with Crippen molar-refractivity contribution in [2.45, 2.75) is 51.4 Å². The Morgan fingerprint density at radius 3 is 1.28 bits per heavy atom. The molecular weight excluding hydrogens is 568 g/mol. The minimum absolute atomic E-state index is 0.722. The molecule has 0 amide bonds. The molecule has 6 aromatic rings. The van der Waals surface area contributed by atoms with Crippen LogP contribution in [0.1, 0.15) is 51.4 Å². The van der Waals surface area contributed by atoms with Crippen LogP contribution in [0.15, 0.2) is 97.6 Å². The zero-order valence-electron chi connectivity index (χ0n) is 26.9. The SMILES string of the molecule is CN(CCCCCCCCCCN(C)c1nc(-c2cccnc2)nc2ccccc12)c1nc(-c2cccnc2)nc2ccccc12. The van der Waals surface area contributed by atoms with Crippen molar-refractivity contribution in [2.24, 2.45) is 0 Å². The first-order valence-electron chi connectivity index (χ1n) is 16.4. The van der Waals surface area contributed by atoms with Crippen LogP contribution in [0.2, 0.25) is 0 Å². The molecule has 0 aliphatic carbocycles. The van der Waals surface area contributed by atoms with Gasteiger partial charge in [-0.3, -0.25) is 9.97 Å². The van der Waals surface area contributed by atoms with Gasteiger partial charge in [0, 0.05) is 73.9 Å². The van der Waals surface area contributed by atoms with Gasteiger partial charge in [0.1, 0.15) is 11.6 Å². The Bertz CT molecular complexity index is 1710. The number of para-hydroxylation sites is 2. The topological polar surface area (TPSA) is 83.8 Å². The quantitative estimate of drug-likeness (QED) is 0.107. The molecule has 0 fully saturated rings. The maximum absolute atomic E-state index is 4.95. The fraction of sp³-hybridized carbons (Fsp3) is 0.316. The maximum Gasteiger partial charge on any atom is 0.163 e. The number of benzene rings is 2. The first-order valence-corrected chi connectivity index (χ1v) is 16.4. The molecule has 0 N–H and O–H groups in total. The summed E-state index contributed by atoms with van der Waals surface area (Å²) in [6.07, 6.45) is 17.1. The molecule has 0 unspecified atom stereocenters. The lowest BCUT2D eigenvalue weighted by atomic mass is 10.1. The summed E-state index contributed by atoms with van der Waals surface area (Å²) < 4.78 is 0. The summed E-state index contributed by atoms with van der Waals surface area (Å²) in [7, 11) is 4.28. The molecule has 4 aromatic heterocycles. The highest BCUT2D eigenvalue weighted by molar-refractivity contribution is 5.91. The minimum Gasteiger partial charge on any atom is -0.359 e. The fourth-order valence-corrected chi connectivity index (χ4v) is 5.92. The first kappa shape index (κ1) is 31.0. The van der Waals surface area contributed by atoms with E-state index >= 15 is 0 Å². The molecule has 0 aliphatic heterocycles. The Balaban J connectivity index is 0.927. The number of unbranched alkanes of at least 4 members (excludes halogenated alkanes) is 7. The highest BCUT2D eigenvalue weighted by Gasteiger charge is 2.14. The van der Waals surface area contributed by atoms with Crippen molar-refractivity contribution < 1.29 is 0 Å². The summed E-state index contributed by atoms with van der Waals surface area (Å²) in [6.45, 7) is 1.94. The standard InChI is InChI=1S/C38H42N8/c1-45(37-31-19-9-11-21-33(31)41-35(43-37)29-17-15-23-39-27-29)25-13-7-5-3-4-6-8-14-26-46(2)38-32-20-10-12-22-34(32)42-36(44-38)30-18-16-24-40-28-30/h9-12,15-24,27-28H,3-8,13-14,25-26H2,1-2H3. The number of fused-ring (bicyclic) bond motifs is 2. The number of nitrogens with zero attached hydrogens (tertiary/aromatic N) is 8. The van der Waals surface area contributed by atoms with Crippen LogP contribution in [0.5, 0.6) is 0 Å². The number of hydrogen-bond donors (Lipinski definition) is 0. The predicted molar refractivity (Wildman–Crippen MR) is 189 cm³/mol. The van der Waals surface area contributed by atoms with Gasteiger partial charge in [0.2, 0.25) is 0 Å². The molecule has 0 saturated carbocycles. The second-order valence-corrected chi connectivity index (χ2v) is 11.9. The third-order valence-corrected chi connectivity index (χ3v) is 8.47. The van der Waals surface area contributed by atoms with Crippen molar-refractivity contribution in [1.29, 1.82) is 0 Å². The smallest absolute Gasteiger partial charge is 0.163 e. The normalized spacial score (nSPS) is 11.3. The lowest BCUT2D eigenvalue weighted by molar-refractivity contribution is 0.567. The summed E-state index contributed by atoms with van der Waals surface area (Å²) >= 11 is 0. The molecule has 6 rings (SSSR count). The van der Waals surface area contributed by atoms with Gasteiger partial charge in [-0.05, 0) is 61.4 Å². The summed E-state index contributed by atoms with van der Waals surface area (Å²) in [5, 5.41) is 2.18. The monoisotopic (exact) mass is 610 g/mol. The Kier molecular flexibility index (Phi) is 10.3. The van der Waals surface area contributed by atoms with Gasteiger partial charge in [-0.2, -0.15) is 0 Å². The van der Waals surface area contributed by atoms with Crippen molar-refractivity contribution in [2.75, 3.05) is 37.0 Å². The van der Waals surface area contributed by atoms with Gasteiger partial charge in [0.05, 0.1) is 11.0 Å². The lowest BCUT2D eigenvalue weighted by Crippen LogP contribution is -2.20. The highest BCUT2D eigenvalue weighted by atomic mass is 15.2. The van der Waals surface area contributed by atoms with E-state index in [9.17, 15) is 0 Å². The Hall–Kier alpha value is -4.98. The molecule has 4 heterocycles. The minimum atomic E-state index is 0.722. The Labute approximate surface area is 271 Å². The van der Waals surface area contributed by atoms with Gasteiger partial charge < -0.3 is 9.80 Å². The highest BCUT2D eigenvalue weighted by Crippen LogP contribution is 2.28. The van der Waals surface area contributed by atoms with Crippen molar-refractivity contribution in [3.8, 4) is 22.8 Å². The van der Waals surface area contributed by atoms with Gasteiger partial charge in [-0.15, -0.1) is 0 Å². The molecule has 0 bridgehead atoms. The molecule has 2 aromatic carbocycles. The van der Waals surface area contributed by atoms with E-state index in [0.29, 0.717) is 0 Å². The largest absolute Gasteiger partial charge is 0.359 e. The maximum atomic E-state index is 4.95. The van der Waals surface area contributed by atoms with Crippen LogP contribution in [0.4, 0.5) is 11.6 Å². The van der Waals surface area contributed by atoms with Crippen LogP contribution in [0, 0.1) is 0 Å². The molecule has 8 heteroatoms. The second kappa shape index (κ2) is 15.3. The average Bonchev–Trinajstić information content (AvgIpc) is 3.12. The molecule has 0 atom stereocenters. The van der Waals surface area contributed by atoms with Crippen LogP contribution in [0.25, 0.3) is 44.6 Å². The first-order chi connectivity index (χ1) is 22.7. The molecule has 0 radical (unpaired) electrons. The van der Waals surface area contributed by atoms with Crippen molar-refractivity contribution >= 4 is 33.4 Å². The van der Waals surface area contributed by atoms with Gasteiger partial charge in [-0.1, -0.05) is 62.8 Å². The van der Waals surface area contributed by atoms with Crippen LogP contribution < -0.4 is 9.80 Å². The molecule has 0 saturated heterocycles. The van der Waals surface area contributed by atoms with E-state index < -0.39 is 0 Å². The molecular formula is C38H42N8. The number of pyridine rings is 2. The van der Waals surface area contributed by atoms with Crippen LogP contribution in [-0.2, 0) is 0 Å². The van der Waals surface area contributed by atoms with Crippen LogP contribution in [-0.4, -0.2) is 57.1 Å². The van der Waals surface area contributed by atoms with E-state index in [2.05, 4.69) is 70.3 Å². The van der Waals surface area contributed by atoms with Gasteiger partial charge in [0.25, 0.3) is 0 Å². The summed E-state index contributed by atoms with van der Waals surface area (Å²) in [5.41, 5.74) is 3.80. The molecule has 0 aliphatic rings. The number of rotatable bonds is 15. The number of hydrogen-bond acceptors (Lipinski definition) is 8. The zero-order chi connectivity index (χ0) is 31.6. The Morgan fingerprint density at radius 2 is 0.870 bits per heavy atom. The van der Waals surface area contributed by atoms with Crippen molar-refractivity contribution in [3.05, 3.63) is 97.6 Å². The zero-order valence-corrected chi connectivity index (χ0v) is 26.9. The van der Waals surface area contributed by atoms with E-state index in [1.807, 2.05) is 48.8 Å². The molecule has 46 heavy (non-hydrogen) atoms. The van der Waals surface area contributed by atoms with Gasteiger partial charge in [0.15, 0.2) is 11.6 Å². The number of anilines is 2. The molecule has 0 spiro atoms. The van der Waals surface area contributed by atoms with Crippen LogP contribution in [0.3, 0.4) is 0 Å². The van der Waals surface area contributed by atoms with Gasteiger partial charge >= 0.3 is 0 Å². The van der Waals surface area contributed by atoms with Gasteiger partial charge in [-0.25, -0.2) is 19.9 Å². The lowest BCUT2D eigenvalue weighted by Gasteiger charge is -2.21. The van der Waals surface area contributed by atoms with E-state index in [1.54, 1.807) is 12.4 Å². The molecule has 234 valence electrons. The third kappa shape index (κ3) is 7.62. The second-order valence-electron chi connectivity index (χ2n) is 11.9. The number of aromatic nitrogens is 6. The van der Waals surface area contributed by atoms with Crippen LogP contribution >= 0.6 is 0 Å². The summed E-state index contributed by atoms with van der Waals surface area (Å²) in [6, 6.07) is 24.4. The summed E-state index contributed by atoms with van der Waals surface area (Å²) in [5.74, 6) is 3.41. The van der Waals surface area contributed by atoms with Crippen molar-refractivity contribution in [1.82, 2.24) is 29.9 Å². The van der Waals surface area contributed by atoms with Crippen molar-refractivity contribution in [3.63, 3.8) is 0 Å². The van der Waals surface area contributed by atoms with E-state index in [0.717, 1.165) is 82.1 Å².